The molecular formula is C21H27O2P. The molecule has 2 atom stereocenters. The second kappa shape index (κ2) is 8.14. The molecule has 1 aliphatic rings. The van der Waals surface area contributed by atoms with E-state index in [1.165, 1.54) is 19.3 Å². The Kier molecular flexibility index (Phi) is 5.92. The van der Waals surface area contributed by atoms with Crippen LogP contribution in [0.4, 0.5) is 0 Å². The van der Waals surface area contributed by atoms with Crippen LogP contribution in [0.15, 0.2) is 60.7 Å². The van der Waals surface area contributed by atoms with Crippen LogP contribution >= 0.6 is 7.14 Å². The summed E-state index contributed by atoms with van der Waals surface area (Å²) in [6.07, 6.45) is 4.34. The van der Waals surface area contributed by atoms with Crippen molar-refractivity contribution in [2.75, 3.05) is 19.4 Å². The number of ether oxygens (including phenoxy) is 1. The molecule has 0 radical (unpaired) electrons. The molecule has 3 heteroatoms. The van der Waals surface area contributed by atoms with Crippen molar-refractivity contribution in [2.45, 2.75) is 26.2 Å². The van der Waals surface area contributed by atoms with Gasteiger partial charge in [-0.15, -0.1) is 0 Å². The van der Waals surface area contributed by atoms with Gasteiger partial charge in [-0.05, 0) is 18.3 Å². The first-order chi connectivity index (χ1) is 11.7. The van der Waals surface area contributed by atoms with E-state index in [0.29, 0.717) is 11.8 Å². The Hall–Kier alpha value is -1.37. The van der Waals surface area contributed by atoms with Crippen molar-refractivity contribution in [3.63, 3.8) is 0 Å². The molecule has 0 N–H and O–H groups in total. The third-order valence-corrected chi connectivity index (χ3v) is 8.35. The van der Waals surface area contributed by atoms with Crippen LogP contribution in [0.25, 0.3) is 0 Å². The summed E-state index contributed by atoms with van der Waals surface area (Å²) in [5.41, 5.74) is 0. The second-order valence-corrected chi connectivity index (χ2v) is 9.67. The van der Waals surface area contributed by atoms with Crippen molar-refractivity contribution in [3.8, 4) is 0 Å². The van der Waals surface area contributed by atoms with Gasteiger partial charge in [0.15, 0.2) is 0 Å². The van der Waals surface area contributed by atoms with Crippen molar-refractivity contribution in [1.29, 1.82) is 0 Å². The molecule has 0 aliphatic carbocycles. The van der Waals surface area contributed by atoms with Gasteiger partial charge < -0.3 is 9.30 Å². The van der Waals surface area contributed by atoms with E-state index >= 15 is 0 Å². The van der Waals surface area contributed by atoms with Crippen LogP contribution in [-0.4, -0.2) is 19.4 Å². The van der Waals surface area contributed by atoms with Gasteiger partial charge >= 0.3 is 0 Å². The first-order valence-electron chi connectivity index (χ1n) is 9.02. The van der Waals surface area contributed by atoms with Gasteiger partial charge in [0.05, 0.1) is 6.61 Å². The maximum Gasteiger partial charge on any atom is 0.143 e. The molecule has 2 nitrogen and oxygen atoms in total. The van der Waals surface area contributed by atoms with E-state index < -0.39 is 7.14 Å². The molecule has 1 fully saturated rings. The summed E-state index contributed by atoms with van der Waals surface area (Å²) >= 11 is 0. The highest BCUT2D eigenvalue weighted by molar-refractivity contribution is 7.78. The first kappa shape index (κ1) is 17.5. The Bertz CT molecular complexity index is 625. The Labute approximate surface area is 145 Å². The predicted octanol–water partition coefficient (Wildman–Crippen LogP) is 4.45. The van der Waals surface area contributed by atoms with E-state index in [0.717, 1.165) is 30.0 Å². The lowest BCUT2D eigenvalue weighted by atomic mass is 9.92. The van der Waals surface area contributed by atoms with Crippen LogP contribution in [0, 0.1) is 11.8 Å². The van der Waals surface area contributed by atoms with Crippen LogP contribution in [0.2, 0.25) is 0 Å². The molecule has 0 spiro atoms. The van der Waals surface area contributed by atoms with Gasteiger partial charge in [-0.3, -0.25) is 0 Å². The Balaban J connectivity index is 1.90. The van der Waals surface area contributed by atoms with Crippen LogP contribution in [0.3, 0.4) is 0 Å². The standard InChI is InChI=1S/C21H27O2P/c1-2-3-10-18-15-23-16-19(18)17-24(22,20-11-6-4-7-12-20)21-13-8-5-9-14-21/h4-9,11-14,18-19H,2-3,10,15-17H2,1H3. The number of rotatable bonds is 7. The summed E-state index contributed by atoms with van der Waals surface area (Å²) in [6.45, 7) is 3.80. The lowest BCUT2D eigenvalue weighted by molar-refractivity contribution is 0.180. The van der Waals surface area contributed by atoms with Crippen molar-refractivity contribution >= 4 is 17.8 Å². The van der Waals surface area contributed by atoms with Crippen molar-refractivity contribution < 1.29 is 9.30 Å². The molecule has 1 heterocycles. The molecule has 128 valence electrons. The van der Waals surface area contributed by atoms with Crippen molar-refractivity contribution in [3.05, 3.63) is 60.7 Å². The van der Waals surface area contributed by atoms with E-state index in [4.69, 9.17) is 4.74 Å². The molecular weight excluding hydrogens is 315 g/mol. The fourth-order valence-corrected chi connectivity index (χ4v) is 6.75. The summed E-state index contributed by atoms with van der Waals surface area (Å²) in [7, 11) is -2.62. The number of benzene rings is 2. The normalized spacial score (nSPS) is 21.0. The molecule has 0 amide bonds. The summed E-state index contributed by atoms with van der Waals surface area (Å²) in [5.74, 6) is 0.938. The predicted molar refractivity (Wildman–Crippen MR) is 102 cm³/mol. The van der Waals surface area contributed by atoms with Gasteiger partial charge in [0, 0.05) is 23.4 Å². The highest BCUT2D eigenvalue weighted by atomic mass is 31.2. The topological polar surface area (TPSA) is 26.3 Å². The van der Waals surface area contributed by atoms with Crippen molar-refractivity contribution in [2.24, 2.45) is 11.8 Å². The number of hydrogen-bond donors (Lipinski definition) is 0. The summed E-state index contributed by atoms with van der Waals surface area (Å²) < 4.78 is 19.9. The largest absolute Gasteiger partial charge is 0.381 e. The second-order valence-electron chi connectivity index (χ2n) is 6.79. The lowest BCUT2D eigenvalue weighted by Gasteiger charge is -2.25. The molecule has 1 saturated heterocycles. The van der Waals surface area contributed by atoms with E-state index in [1.54, 1.807) is 0 Å². The minimum atomic E-state index is -2.62. The molecule has 0 aromatic heterocycles. The third kappa shape index (κ3) is 3.82. The Morgan fingerprint density at radius 3 is 2.00 bits per heavy atom. The maximum atomic E-state index is 14.1. The van der Waals surface area contributed by atoms with Gasteiger partial charge in [0.2, 0.25) is 0 Å². The molecule has 2 aromatic carbocycles. The fraction of sp³-hybridized carbons (Fsp3) is 0.429. The Morgan fingerprint density at radius 1 is 0.917 bits per heavy atom. The third-order valence-electron chi connectivity index (χ3n) is 5.10. The lowest BCUT2D eigenvalue weighted by Crippen LogP contribution is -2.25. The summed E-state index contributed by atoms with van der Waals surface area (Å²) in [5, 5.41) is 1.94. The van der Waals surface area contributed by atoms with Crippen LogP contribution in [0.1, 0.15) is 26.2 Å². The van der Waals surface area contributed by atoms with Crippen LogP contribution in [-0.2, 0) is 9.30 Å². The van der Waals surface area contributed by atoms with E-state index in [2.05, 4.69) is 6.92 Å². The van der Waals surface area contributed by atoms with Gasteiger partial charge in [-0.25, -0.2) is 0 Å². The van der Waals surface area contributed by atoms with Crippen LogP contribution < -0.4 is 10.6 Å². The average Bonchev–Trinajstić information content (AvgIpc) is 3.08. The summed E-state index contributed by atoms with van der Waals surface area (Å²) in [6, 6.07) is 20.0. The molecule has 3 rings (SSSR count). The van der Waals surface area contributed by atoms with Crippen molar-refractivity contribution in [1.82, 2.24) is 0 Å². The molecule has 24 heavy (non-hydrogen) atoms. The number of hydrogen-bond acceptors (Lipinski definition) is 2. The van der Waals surface area contributed by atoms with Gasteiger partial charge in [0.25, 0.3) is 0 Å². The minimum absolute atomic E-state index is 0.391. The summed E-state index contributed by atoms with van der Waals surface area (Å²) in [4.78, 5) is 0. The minimum Gasteiger partial charge on any atom is -0.381 e. The zero-order valence-corrected chi connectivity index (χ0v) is 15.3. The van der Waals surface area contributed by atoms with E-state index in [1.807, 2.05) is 60.7 Å². The first-order valence-corrected chi connectivity index (χ1v) is 10.9. The van der Waals surface area contributed by atoms with Crippen LogP contribution in [0.5, 0.6) is 0 Å². The molecule has 0 bridgehead atoms. The number of unbranched alkanes of at least 4 members (excludes halogenated alkanes) is 1. The maximum absolute atomic E-state index is 14.1. The van der Waals surface area contributed by atoms with Gasteiger partial charge in [-0.1, -0.05) is 80.4 Å². The highest BCUT2D eigenvalue weighted by Crippen LogP contribution is 2.47. The van der Waals surface area contributed by atoms with Gasteiger partial charge in [0.1, 0.15) is 7.14 Å². The zero-order valence-electron chi connectivity index (χ0n) is 14.4. The van der Waals surface area contributed by atoms with E-state index in [-0.39, 0.29) is 0 Å². The molecule has 2 aromatic rings. The SMILES string of the molecule is CCCCC1COCC1CP(=O)(c1ccccc1)c1ccccc1. The monoisotopic (exact) mass is 342 g/mol. The van der Waals surface area contributed by atoms with Gasteiger partial charge in [-0.2, -0.15) is 0 Å². The smallest absolute Gasteiger partial charge is 0.143 e. The Morgan fingerprint density at radius 2 is 1.46 bits per heavy atom. The molecule has 0 saturated carbocycles. The molecule has 2 unspecified atom stereocenters. The van der Waals surface area contributed by atoms with E-state index in [9.17, 15) is 4.57 Å². The quantitative estimate of drug-likeness (QED) is 0.695. The average molecular weight is 342 g/mol. The molecule has 1 aliphatic heterocycles. The zero-order chi connectivity index (χ0) is 16.8. The fourth-order valence-electron chi connectivity index (χ4n) is 3.66. The highest BCUT2D eigenvalue weighted by Gasteiger charge is 2.36.